The molecule has 0 saturated carbocycles. The third-order valence-corrected chi connectivity index (χ3v) is 4.47. The Morgan fingerprint density at radius 2 is 1.32 bits per heavy atom. The summed E-state index contributed by atoms with van der Waals surface area (Å²) in [5, 5.41) is 7.92. The molecule has 0 saturated heterocycles. The van der Waals surface area contributed by atoms with Crippen molar-refractivity contribution in [2.45, 2.75) is 13.1 Å². The molecule has 0 aliphatic carbocycles. The Labute approximate surface area is 164 Å². The highest BCUT2D eigenvalue weighted by atomic mass is 16.5. The van der Waals surface area contributed by atoms with Crippen LogP contribution >= 0.6 is 0 Å². The van der Waals surface area contributed by atoms with Crippen LogP contribution in [0.1, 0.15) is 11.1 Å². The Morgan fingerprint density at radius 1 is 0.714 bits per heavy atom. The van der Waals surface area contributed by atoms with E-state index in [0.29, 0.717) is 24.6 Å². The predicted molar refractivity (Wildman–Crippen MR) is 109 cm³/mol. The van der Waals surface area contributed by atoms with Gasteiger partial charge in [-0.15, -0.1) is 0 Å². The third kappa shape index (κ3) is 4.65. The molecule has 2 amide bonds. The van der Waals surface area contributed by atoms with E-state index >= 15 is 0 Å². The molecular formula is C22H24N2O4. The fourth-order valence-electron chi connectivity index (χ4n) is 2.93. The van der Waals surface area contributed by atoms with Crippen LogP contribution in [0.15, 0.2) is 54.6 Å². The van der Waals surface area contributed by atoms with Crippen molar-refractivity contribution < 1.29 is 19.0 Å². The molecular weight excluding hydrogens is 356 g/mol. The minimum Gasteiger partial charge on any atom is -0.497 e. The van der Waals surface area contributed by atoms with Crippen molar-refractivity contribution in [1.29, 1.82) is 0 Å². The molecule has 6 heteroatoms. The normalized spacial score (nSPS) is 10.4. The van der Waals surface area contributed by atoms with Crippen LogP contribution in [-0.2, 0) is 13.1 Å². The summed E-state index contributed by atoms with van der Waals surface area (Å²) < 4.78 is 15.7. The Balaban J connectivity index is 1.55. The fourth-order valence-corrected chi connectivity index (χ4v) is 2.93. The largest absolute Gasteiger partial charge is 0.497 e. The van der Waals surface area contributed by atoms with Gasteiger partial charge < -0.3 is 24.8 Å². The maximum Gasteiger partial charge on any atom is 0.315 e. The molecule has 0 atom stereocenters. The molecule has 146 valence electrons. The first kappa shape index (κ1) is 19.4. The molecule has 0 spiro atoms. The average Bonchev–Trinajstić information content (AvgIpc) is 2.75. The minimum atomic E-state index is -0.232. The molecule has 28 heavy (non-hydrogen) atoms. The predicted octanol–water partition coefficient (Wildman–Crippen LogP) is 3.87. The lowest BCUT2D eigenvalue weighted by Crippen LogP contribution is -2.34. The molecule has 3 aromatic rings. The summed E-state index contributed by atoms with van der Waals surface area (Å²) in [5.41, 5.74) is 1.95. The first-order valence-corrected chi connectivity index (χ1v) is 8.92. The summed E-state index contributed by atoms with van der Waals surface area (Å²) >= 11 is 0. The number of urea groups is 1. The van der Waals surface area contributed by atoms with Crippen LogP contribution in [0.3, 0.4) is 0 Å². The standard InChI is InChI=1S/C22H24N2O4/c1-26-19-8-7-17-10-15(4-6-18(17)12-19)13-23-22(25)24-14-16-5-9-20(27-2)21(11-16)28-3/h4-12H,13-14H2,1-3H3,(H2,23,24,25). The Hall–Kier alpha value is -3.41. The van der Waals surface area contributed by atoms with E-state index in [9.17, 15) is 4.79 Å². The Bertz CT molecular complexity index is 972. The number of carbonyl (C=O) groups excluding carboxylic acids is 1. The van der Waals surface area contributed by atoms with E-state index in [1.165, 1.54) is 0 Å². The van der Waals surface area contributed by atoms with Gasteiger partial charge in [0, 0.05) is 13.1 Å². The number of benzene rings is 3. The lowest BCUT2D eigenvalue weighted by atomic mass is 10.1. The summed E-state index contributed by atoms with van der Waals surface area (Å²) in [7, 11) is 4.83. The number of ether oxygens (including phenoxy) is 3. The van der Waals surface area contributed by atoms with Crippen molar-refractivity contribution in [3.63, 3.8) is 0 Å². The van der Waals surface area contributed by atoms with E-state index in [2.05, 4.69) is 16.7 Å². The second kappa shape index (κ2) is 8.99. The first-order chi connectivity index (χ1) is 13.6. The lowest BCUT2D eigenvalue weighted by Gasteiger charge is -2.11. The second-order valence-corrected chi connectivity index (χ2v) is 6.27. The van der Waals surface area contributed by atoms with Crippen molar-refractivity contribution in [3.8, 4) is 17.2 Å². The summed E-state index contributed by atoms with van der Waals surface area (Å²) in [5.74, 6) is 2.12. The van der Waals surface area contributed by atoms with Crippen LogP contribution in [0.4, 0.5) is 4.79 Å². The third-order valence-electron chi connectivity index (χ3n) is 4.47. The molecule has 0 unspecified atom stereocenters. The molecule has 3 aromatic carbocycles. The summed E-state index contributed by atoms with van der Waals surface area (Å²) in [6.07, 6.45) is 0. The summed E-state index contributed by atoms with van der Waals surface area (Å²) in [6.45, 7) is 0.837. The molecule has 0 aliphatic heterocycles. The van der Waals surface area contributed by atoms with Crippen molar-refractivity contribution in [3.05, 3.63) is 65.7 Å². The molecule has 3 rings (SSSR count). The highest BCUT2D eigenvalue weighted by Crippen LogP contribution is 2.27. The van der Waals surface area contributed by atoms with Crippen LogP contribution in [-0.4, -0.2) is 27.4 Å². The topological polar surface area (TPSA) is 68.8 Å². The number of fused-ring (bicyclic) bond motifs is 1. The fraction of sp³-hybridized carbons (Fsp3) is 0.227. The summed E-state index contributed by atoms with van der Waals surface area (Å²) in [4.78, 5) is 12.1. The van der Waals surface area contributed by atoms with E-state index in [-0.39, 0.29) is 6.03 Å². The van der Waals surface area contributed by atoms with Gasteiger partial charge in [0.15, 0.2) is 11.5 Å². The van der Waals surface area contributed by atoms with E-state index in [1.54, 1.807) is 21.3 Å². The maximum atomic E-state index is 12.1. The van der Waals surface area contributed by atoms with E-state index in [1.807, 2.05) is 48.5 Å². The van der Waals surface area contributed by atoms with Crippen molar-refractivity contribution in [2.24, 2.45) is 0 Å². The minimum absolute atomic E-state index is 0.232. The van der Waals surface area contributed by atoms with Crippen LogP contribution < -0.4 is 24.8 Å². The molecule has 6 nitrogen and oxygen atoms in total. The molecule has 0 aliphatic rings. The second-order valence-electron chi connectivity index (χ2n) is 6.27. The number of nitrogens with one attached hydrogen (secondary N) is 2. The molecule has 2 N–H and O–H groups in total. The Morgan fingerprint density at radius 3 is 2.00 bits per heavy atom. The van der Waals surface area contributed by atoms with Gasteiger partial charge in [-0.2, -0.15) is 0 Å². The number of carbonyl (C=O) groups is 1. The molecule has 0 heterocycles. The monoisotopic (exact) mass is 380 g/mol. The smallest absolute Gasteiger partial charge is 0.315 e. The number of methoxy groups -OCH3 is 3. The number of hydrogen-bond acceptors (Lipinski definition) is 4. The van der Waals surface area contributed by atoms with E-state index < -0.39 is 0 Å². The lowest BCUT2D eigenvalue weighted by molar-refractivity contribution is 0.240. The number of rotatable bonds is 7. The molecule has 0 bridgehead atoms. The molecule has 0 aromatic heterocycles. The summed E-state index contributed by atoms with van der Waals surface area (Å²) in [6, 6.07) is 17.3. The van der Waals surface area contributed by atoms with Gasteiger partial charge in [-0.05, 0) is 52.2 Å². The van der Waals surface area contributed by atoms with Gasteiger partial charge in [-0.25, -0.2) is 4.79 Å². The van der Waals surface area contributed by atoms with Crippen molar-refractivity contribution in [2.75, 3.05) is 21.3 Å². The van der Waals surface area contributed by atoms with Gasteiger partial charge in [0.1, 0.15) is 5.75 Å². The Kier molecular flexibility index (Phi) is 6.22. The van der Waals surface area contributed by atoms with Crippen molar-refractivity contribution >= 4 is 16.8 Å². The molecule has 0 radical (unpaired) electrons. The average molecular weight is 380 g/mol. The zero-order chi connectivity index (χ0) is 19.9. The van der Waals surface area contributed by atoms with Crippen LogP contribution in [0.5, 0.6) is 17.2 Å². The van der Waals surface area contributed by atoms with Gasteiger partial charge in [-0.3, -0.25) is 0 Å². The van der Waals surface area contributed by atoms with Gasteiger partial charge in [0.2, 0.25) is 0 Å². The SMILES string of the molecule is COc1ccc2cc(CNC(=O)NCc3ccc(OC)c(OC)c3)ccc2c1. The molecule has 0 fully saturated rings. The zero-order valence-electron chi connectivity index (χ0n) is 16.2. The van der Waals surface area contributed by atoms with Crippen LogP contribution in [0.2, 0.25) is 0 Å². The quantitative estimate of drug-likeness (QED) is 0.653. The number of hydrogen-bond donors (Lipinski definition) is 2. The van der Waals surface area contributed by atoms with Gasteiger partial charge >= 0.3 is 6.03 Å². The van der Waals surface area contributed by atoms with Crippen LogP contribution in [0.25, 0.3) is 10.8 Å². The first-order valence-electron chi connectivity index (χ1n) is 8.92. The van der Waals surface area contributed by atoms with E-state index in [0.717, 1.165) is 27.6 Å². The number of amides is 2. The highest BCUT2D eigenvalue weighted by Gasteiger charge is 2.06. The van der Waals surface area contributed by atoms with Crippen molar-refractivity contribution in [1.82, 2.24) is 10.6 Å². The van der Waals surface area contributed by atoms with E-state index in [4.69, 9.17) is 14.2 Å². The van der Waals surface area contributed by atoms with Gasteiger partial charge in [0.25, 0.3) is 0 Å². The zero-order valence-corrected chi connectivity index (χ0v) is 16.2. The highest BCUT2D eigenvalue weighted by molar-refractivity contribution is 5.84. The van der Waals surface area contributed by atoms with Crippen LogP contribution in [0, 0.1) is 0 Å². The van der Waals surface area contributed by atoms with Gasteiger partial charge in [-0.1, -0.05) is 24.3 Å². The maximum absolute atomic E-state index is 12.1. The van der Waals surface area contributed by atoms with Gasteiger partial charge in [0.05, 0.1) is 21.3 Å².